The van der Waals surface area contributed by atoms with Crippen molar-refractivity contribution in [3.8, 4) is 16.9 Å². The van der Waals surface area contributed by atoms with Crippen LogP contribution in [-0.2, 0) is 13.0 Å². The Hall–Kier alpha value is -3.64. The van der Waals surface area contributed by atoms with Crippen molar-refractivity contribution < 1.29 is 15.3 Å². The topological polar surface area (TPSA) is 84.8 Å². The van der Waals surface area contributed by atoms with Gasteiger partial charge in [0.2, 0.25) is 0 Å². The molecule has 4 rings (SSSR count). The molecular formula is C30H32N2O3. The fourth-order valence-corrected chi connectivity index (χ4v) is 4.08. The van der Waals surface area contributed by atoms with Crippen LogP contribution in [0.15, 0.2) is 91.0 Å². The van der Waals surface area contributed by atoms with Crippen LogP contribution in [0.5, 0.6) is 5.75 Å². The van der Waals surface area contributed by atoms with Gasteiger partial charge in [0.1, 0.15) is 5.75 Å². The molecule has 5 heteroatoms. The number of aliphatic hydroxyl groups is 2. The monoisotopic (exact) mass is 468 g/mol. The third-order valence-electron chi connectivity index (χ3n) is 6.15. The van der Waals surface area contributed by atoms with Crippen molar-refractivity contribution in [1.82, 2.24) is 5.32 Å². The summed E-state index contributed by atoms with van der Waals surface area (Å²) in [5, 5.41) is 36.1. The molecule has 1 atom stereocenters. The van der Waals surface area contributed by atoms with E-state index < -0.39 is 6.10 Å². The summed E-state index contributed by atoms with van der Waals surface area (Å²) in [5.41, 5.74) is 8.05. The van der Waals surface area contributed by atoms with Gasteiger partial charge in [-0.3, -0.25) is 0 Å². The molecule has 5 N–H and O–H groups in total. The predicted octanol–water partition coefficient (Wildman–Crippen LogP) is 5.47. The Kier molecular flexibility index (Phi) is 8.16. The maximum absolute atomic E-state index is 10.4. The SMILES string of the molecule is Cc1ccc(Nc2ccc(CCNC[C@H](O)c3ccc(O)c(CO)c3)cc2)cc1-c1ccccc1. The van der Waals surface area contributed by atoms with Crippen LogP contribution in [0.25, 0.3) is 11.1 Å². The molecule has 0 spiro atoms. The molecule has 5 nitrogen and oxygen atoms in total. The second-order valence-electron chi connectivity index (χ2n) is 8.73. The summed E-state index contributed by atoms with van der Waals surface area (Å²) in [6, 6.07) is 30.0. The molecule has 0 fully saturated rings. The maximum Gasteiger partial charge on any atom is 0.121 e. The van der Waals surface area contributed by atoms with Gasteiger partial charge >= 0.3 is 0 Å². The van der Waals surface area contributed by atoms with E-state index in [1.54, 1.807) is 12.1 Å². The minimum Gasteiger partial charge on any atom is -0.508 e. The van der Waals surface area contributed by atoms with Gasteiger partial charge in [-0.15, -0.1) is 0 Å². The Morgan fingerprint density at radius 3 is 2.31 bits per heavy atom. The molecule has 0 saturated heterocycles. The van der Waals surface area contributed by atoms with Gasteiger partial charge in [0.15, 0.2) is 0 Å². The average Bonchev–Trinajstić information content (AvgIpc) is 2.89. The van der Waals surface area contributed by atoms with Gasteiger partial charge in [0.25, 0.3) is 0 Å². The van der Waals surface area contributed by atoms with Crippen molar-refractivity contribution in [2.24, 2.45) is 0 Å². The molecule has 0 amide bonds. The normalized spacial score (nSPS) is 11.9. The average molecular weight is 469 g/mol. The lowest BCUT2D eigenvalue weighted by molar-refractivity contribution is 0.174. The number of phenols is 1. The first-order valence-electron chi connectivity index (χ1n) is 11.9. The molecule has 0 saturated carbocycles. The van der Waals surface area contributed by atoms with E-state index in [1.165, 1.54) is 28.3 Å². The standard InChI is InChI=1S/C30H32N2O3/c1-21-7-11-27(18-28(21)23-5-3-2-4-6-23)32-26-12-8-22(9-13-26)15-16-31-19-30(35)24-10-14-29(34)25(17-24)20-33/h2-14,17-18,30-35H,15-16,19-20H2,1H3/t30-/m0/s1. The number of aryl methyl sites for hydroxylation is 1. The first-order chi connectivity index (χ1) is 17.0. The highest BCUT2D eigenvalue weighted by atomic mass is 16.3. The summed E-state index contributed by atoms with van der Waals surface area (Å²) in [6.07, 6.45) is 0.135. The van der Waals surface area contributed by atoms with Crippen LogP contribution in [0, 0.1) is 6.92 Å². The number of hydrogen-bond acceptors (Lipinski definition) is 5. The first-order valence-corrected chi connectivity index (χ1v) is 11.9. The molecule has 0 radical (unpaired) electrons. The lowest BCUT2D eigenvalue weighted by Gasteiger charge is -2.14. The maximum atomic E-state index is 10.4. The van der Waals surface area contributed by atoms with Crippen molar-refractivity contribution in [1.29, 1.82) is 0 Å². The van der Waals surface area contributed by atoms with E-state index in [-0.39, 0.29) is 12.4 Å². The molecule has 0 aliphatic rings. The van der Waals surface area contributed by atoms with Gasteiger partial charge < -0.3 is 26.0 Å². The van der Waals surface area contributed by atoms with E-state index in [4.69, 9.17) is 0 Å². The smallest absolute Gasteiger partial charge is 0.121 e. The largest absolute Gasteiger partial charge is 0.508 e. The number of benzene rings is 4. The number of aliphatic hydroxyl groups excluding tert-OH is 2. The van der Waals surface area contributed by atoms with E-state index in [9.17, 15) is 15.3 Å². The fourth-order valence-electron chi connectivity index (χ4n) is 4.08. The number of hydrogen-bond donors (Lipinski definition) is 5. The Morgan fingerprint density at radius 2 is 1.57 bits per heavy atom. The summed E-state index contributed by atoms with van der Waals surface area (Å²) >= 11 is 0. The van der Waals surface area contributed by atoms with E-state index in [1.807, 2.05) is 6.07 Å². The third kappa shape index (κ3) is 6.49. The molecule has 180 valence electrons. The number of rotatable bonds is 10. The van der Waals surface area contributed by atoms with Gasteiger partial charge in [-0.25, -0.2) is 0 Å². The molecule has 35 heavy (non-hydrogen) atoms. The third-order valence-corrected chi connectivity index (χ3v) is 6.15. The predicted molar refractivity (Wildman–Crippen MR) is 142 cm³/mol. The quantitative estimate of drug-likeness (QED) is 0.199. The van der Waals surface area contributed by atoms with Crippen LogP contribution in [0.4, 0.5) is 11.4 Å². The highest BCUT2D eigenvalue weighted by Crippen LogP contribution is 2.28. The molecule has 0 aromatic heterocycles. The van der Waals surface area contributed by atoms with E-state index in [0.717, 1.165) is 24.3 Å². The molecule has 0 aliphatic heterocycles. The van der Waals surface area contributed by atoms with Crippen LogP contribution >= 0.6 is 0 Å². The Morgan fingerprint density at radius 1 is 0.829 bits per heavy atom. The van der Waals surface area contributed by atoms with Crippen LogP contribution in [-0.4, -0.2) is 28.4 Å². The Labute approximate surface area is 206 Å². The van der Waals surface area contributed by atoms with Crippen molar-refractivity contribution in [2.45, 2.75) is 26.1 Å². The molecule has 4 aromatic rings. The summed E-state index contributed by atoms with van der Waals surface area (Å²) < 4.78 is 0. The zero-order chi connectivity index (χ0) is 24.6. The fraction of sp³-hybridized carbons (Fsp3) is 0.200. The van der Waals surface area contributed by atoms with Crippen LogP contribution in [0.3, 0.4) is 0 Å². The molecular weight excluding hydrogens is 436 g/mol. The van der Waals surface area contributed by atoms with Gasteiger partial charge in [0, 0.05) is 23.5 Å². The molecule has 0 aliphatic carbocycles. The summed E-state index contributed by atoms with van der Waals surface area (Å²) in [4.78, 5) is 0. The molecule has 4 aromatic carbocycles. The zero-order valence-electron chi connectivity index (χ0n) is 19.9. The van der Waals surface area contributed by atoms with Gasteiger partial charge in [-0.2, -0.15) is 0 Å². The Balaban J connectivity index is 1.28. The number of nitrogens with one attached hydrogen (secondary N) is 2. The summed E-state index contributed by atoms with van der Waals surface area (Å²) in [5.74, 6) is 0.0355. The number of anilines is 2. The zero-order valence-corrected chi connectivity index (χ0v) is 19.9. The number of aromatic hydroxyl groups is 1. The van der Waals surface area contributed by atoms with Gasteiger partial charge in [0.05, 0.1) is 12.7 Å². The van der Waals surface area contributed by atoms with E-state index in [0.29, 0.717) is 17.7 Å². The van der Waals surface area contributed by atoms with Crippen molar-refractivity contribution in [3.05, 3.63) is 113 Å². The highest BCUT2D eigenvalue weighted by molar-refractivity contribution is 5.73. The molecule has 0 unspecified atom stereocenters. The van der Waals surface area contributed by atoms with Gasteiger partial charge in [-0.05, 0) is 84.1 Å². The second kappa shape index (κ2) is 11.7. The van der Waals surface area contributed by atoms with Crippen molar-refractivity contribution in [3.63, 3.8) is 0 Å². The minimum atomic E-state index is -0.706. The molecule has 0 heterocycles. The molecule has 0 bridgehead atoms. The van der Waals surface area contributed by atoms with Crippen molar-refractivity contribution >= 4 is 11.4 Å². The lowest BCUT2D eigenvalue weighted by atomic mass is 10.00. The highest BCUT2D eigenvalue weighted by Gasteiger charge is 2.10. The lowest BCUT2D eigenvalue weighted by Crippen LogP contribution is -2.23. The second-order valence-corrected chi connectivity index (χ2v) is 8.73. The van der Waals surface area contributed by atoms with Crippen molar-refractivity contribution in [2.75, 3.05) is 18.4 Å². The minimum absolute atomic E-state index is 0.0355. The van der Waals surface area contributed by atoms with Crippen LogP contribution in [0.1, 0.15) is 28.4 Å². The van der Waals surface area contributed by atoms with E-state index >= 15 is 0 Å². The van der Waals surface area contributed by atoms with E-state index in [2.05, 4.69) is 84.3 Å². The summed E-state index contributed by atoms with van der Waals surface area (Å²) in [6.45, 7) is 2.99. The summed E-state index contributed by atoms with van der Waals surface area (Å²) in [7, 11) is 0. The van der Waals surface area contributed by atoms with Gasteiger partial charge in [-0.1, -0.05) is 54.6 Å². The first kappa shape index (κ1) is 24.5. The Bertz CT molecular complexity index is 1240. The van der Waals surface area contributed by atoms with Crippen LogP contribution in [0.2, 0.25) is 0 Å². The van der Waals surface area contributed by atoms with Crippen LogP contribution < -0.4 is 10.6 Å².